The van der Waals surface area contributed by atoms with Crippen LogP contribution in [0.4, 0.5) is 0 Å². The molecule has 1 atom stereocenters. The Bertz CT molecular complexity index is 558. The SMILES string of the molecule is CNC(c1ncc(C)cn1)c1ccccc1OCCOC. The summed E-state index contributed by atoms with van der Waals surface area (Å²) in [7, 11) is 3.55. The lowest BCUT2D eigenvalue weighted by Gasteiger charge is -2.19. The first-order chi connectivity index (χ1) is 10.3. The number of nitrogens with zero attached hydrogens (tertiary/aromatic N) is 2. The van der Waals surface area contributed by atoms with E-state index in [9.17, 15) is 0 Å². The third-order valence-corrected chi connectivity index (χ3v) is 3.12. The van der Waals surface area contributed by atoms with Crippen LogP contribution in [0, 0.1) is 6.92 Å². The summed E-state index contributed by atoms with van der Waals surface area (Å²) in [5.41, 5.74) is 2.05. The maximum absolute atomic E-state index is 5.79. The molecule has 112 valence electrons. The van der Waals surface area contributed by atoms with Crippen molar-refractivity contribution in [1.29, 1.82) is 0 Å². The summed E-state index contributed by atoms with van der Waals surface area (Å²) in [6, 6.07) is 7.80. The fourth-order valence-electron chi connectivity index (χ4n) is 2.06. The number of benzene rings is 1. The molecule has 0 aliphatic carbocycles. The number of methoxy groups -OCH3 is 1. The molecule has 0 radical (unpaired) electrons. The van der Waals surface area contributed by atoms with Gasteiger partial charge in [-0.15, -0.1) is 0 Å². The molecule has 1 aromatic carbocycles. The summed E-state index contributed by atoms with van der Waals surface area (Å²) in [6.07, 6.45) is 3.64. The number of nitrogens with one attached hydrogen (secondary N) is 1. The highest BCUT2D eigenvalue weighted by atomic mass is 16.5. The zero-order valence-corrected chi connectivity index (χ0v) is 12.7. The van der Waals surface area contributed by atoms with Crippen molar-refractivity contribution in [1.82, 2.24) is 15.3 Å². The Morgan fingerprint density at radius 3 is 2.52 bits per heavy atom. The fraction of sp³-hybridized carbons (Fsp3) is 0.375. The maximum atomic E-state index is 5.79. The van der Waals surface area contributed by atoms with Crippen molar-refractivity contribution in [3.63, 3.8) is 0 Å². The van der Waals surface area contributed by atoms with Gasteiger partial charge in [-0.2, -0.15) is 0 Å². The number of ether oxygens (including phenoxy) is 2. The molecule has 1 unspecified atom stereocenters. The van der Waals surface area contributed by atoms with Crippen LogP contribution in [0.2, 0.25) is 0 Å². The third kappa shape index (κ3) is 4.00. The van der Waals surface area contributed by atoms with E-state index in [2.05, 4.69) is 15.3 Å². The molecule has 5 nitrogen and oxygen atoms in total. The van der Waals surface area contributed by atoms with Gasteiger partial charge in [0.2, 0.25) is 0 Å². The lowest BCUT2D eigenvalue weighted by Crippen LogP contribution is -2.21. The lowest BCUT2D eigenvalue weighted by molar-refractivity contribution is 0.145. The second-order valence-corrected chi connectivity index (χ2v) is 4.72. The highest BCUT2D eigenvalue weighted by Gasteiger charge is 2.18. The van der Waals surface area contributed by atoms with Crippen molar-refractivity contribution in [2.75, 3.05) is 27.4 Å². The van der Waals surface area contributed by atoms with Crippen molar-refractivity contribution in [2.24, 2.45) is 0 Å². The molecule has 2 aromatic rings. The van der Waals surface area contributed by atoms with Crippen LogP contribution in [0.5, 0.6) is 5.75 Å². The topological polar surface area (TPSA) is 56.3 Å². The first-order valence-corrected chi connectivity index (χ1v) is 6.92. The van der Waals surface area contributed by atoms with E-state index in [1.54, 1.807) is 7.11 Å². The van der Waals surface area contributed by atoms with E-state index in [-0.39, 0.29) is 6.04 Å². The number of para-hydroxylation sites is 1. The summed E-state index contributed by atoms with van der Waals surface area (Å²) >= 11 is 0. The van der Waals surface area contributed by atoms with Crippen LogP contribution in [-0.2, 0) is 4.74 Å². The van der Waals surface area contributed by atoms with Crippen LogP contribution in [-0.4, -0.2) is 37.3 Å². The molecular formula is C16H21N3O2. The standard InChI is InChI=1S/C16H21N3O2/c1-12-10-18-16(19-11-12)15(17-2)13-6-4-5-7-14(13)21-9-8-20-3/h4-7,10-11,15,17H,8-9H2,1-3H3. The molecule has 1 aromatic heterocycles. The molecule has 0 aliphatic heterocycles. The lowest BCUT2D eigenvalue weighted by atomic mass is 10.0. The van der Waals surface area contributed by atoms with Gasteiger partial charge in [0.15, 0.2) is 0 Å². The number of aromatic nitrogens is 2. The van der Waals surface area contributed by atoms with Crippen LogP contribution in [0.25, 0.3) is 0 Å². The Balaban J connectivity index is 2.27. The van der Waals surface area contributed by atoms with Gasteiger partial charge in [-0.3, -0.25) is 0 Å². The molecule has 21 heavy (non-hydrogen) atoms. The van der Waals surface area contributed by atoms with E-state index in [0.717, 1.165) is 22.7 Å². The smallest absolute Gasteiger partial charge is 0.149 e. The molecule has 0 amide bonds. The summed E-state index contributed by atoms with van der Waals surface area (Å²) < 4.78 is 10.8. The molecule has 2 rings (SSSR count). The molecule has 0 aliphatic rings. The zero-order chi connectivity index (χ0) is 15.1. The third-order valence-electron chi connectivity index (χ3n) is 3.12. The average Bonchev–Trinajstić information content (AvgIpc) is 2.51. The summed E-state index contributed by atoms with van der Waals surface area (Å²) in [5.74, 6) is 1.55. The Kier molecular flexibility index (Phi) is 5.66. The Hall–Kier alpha value is -1.98. The zero-order valence-electron chi connectivity index (χ0n) is 12.7. The fourth-order valence-corrected chi connectivity index (χ4v) is 2.06. The van der Waals surface area contributed by atoms with Gasteiger partial charge in [0.05, 0.1) is 12.6 Å². The predicted octanol–water partition coefficient (Wildman–Crippen LogP) is 2.12. The van der Waals surface area contributed by atoms with Crippen molar-refractivity contribution < 1.29 is 9.47 Å². The number of hydrogen-bond donors (Lipinski definition) is 1. The highest BCUT2D eigenvalue weighted by molar-refractivity contribution is 5.38. The first-order valence-electron chi connectivity index (χ1n) is 6.92. The van der Waals surface area contributed by atoms with E-state index in [1.807, 2.05) is 50.6 Å². The van der Waals surface area contributed by atoms with E-state index in [1.165, 1.54) is 0 Å². The molecule has 0 fully saturated rings. The molecule has 0 bridgehead atoms. The van der Waals surface area contributed by atoms with Crippen molar-refractivity contribution >= 4 is 0 Å². The molecular weight excluding hydrogens is 266 g/mol. The van der Waals surface area contributed by atoms with Gasteiger partial charge < -0.3 is 14.8 Å². The summed E-state index contributed by atoms with van der Waals surface area (Å²) in [4.78, 5) is 8.82. The molecule has 0 spiro atoms. The van der Waals surface area contributed by atoms with Gasteiger partial charge in [-0.1, -0.05) is 18.2 Å². The number of rotatable bonds is 7. The normalized spacial score (nSPS) is 12.1. The average molecular weight is 287 g/mol. The molecule has 0 saturated carbocycles. The van der Waals surface area contributed by atoms with E-state index < -0.39 is 0 Å². The molecule has 5 heteroatoms. The number of aryl methyl sites for hydroxylation is 1. The Labute approximate surface area is 125 Å². The second kappa shape index (κ2) is 7.71. The summed E-state index contributed by atoms with van der Waals surface area (Å²) in [5, 5.41) is 3.25. The first kappa shape index (κ1) is 15.4. The van der Waals surface area contributed by atoms with Crippen LogP contribution in [0.3, 0.4) is 0 Å². The van der Waals surface area contributed by atoms with Gasteiger partial charge in [-0.25, -0.2) is 9.97 Å². The predicted molar refractivity (Wildman–Crippen MR) is 81.5 cm³/mol. The van der Waals surface area contributed by atoms with Gasteiger partial charge >= 0.3 is 0 Å². The highest BCUT2D eigenvalue weighted by Crippen LogP contribution is 2.28. The van der Waals surface area contributed by atoms with Crippen LogP contribution in [0.15, 0.2) is 36.7 Å². The summed E-state index contributed by atoms with van der Waals surface area (Å²) in [6.45, 7) is 3.04. The molecule has 1 N–H and O–H groups in total. The van der Waals surface area contributed by atoms with Crippen LogP contribution < -0.4 is 10.1 Å². The second-order valence-electron chi connectivity index (χ2n) is 4.72. The van der Waals surface area contributed by atoms with Gasteiger partial charge in [-0.05, 0) is 25.6 Å². The largest absolute Gasteiger partial charge is 0.491 e. The van der Waals surface area contributed by atoms with Crippen molar-refractivity contribution in [3.8, 4) is 5.75 Å². The molecule has 1 heterocycles. The number of hydrogen-bond acceptors (Lipinski definition) is 5. The quantitative estimate of drug-likeness (QED) is 0.791. The Morgan fingerprint density at radius 2 is 1.86 bits per heavy atom. The van der Waals surface area contributed by atoms with Gasteiger partial charge in [0, 0.05) is 25.1 Å². The maximum Gasteiger partial charge on any atom is 0.149 e. The van der Waals surface area contributed by atoms with Crippen LogP contribution >= 0.6 is 0 Å². The minimum atomic E-state index is -0.107. The minimum absolute atomic E-state index is 0.107. The van der Waals surface area contributed by atoms with Gasteiger partial charge in [0.1, 0.15) is 18.2 Å². The monoisotopic (exact) mass is 287 g/mol. The minimum Gasteiger partial charge on any atom is -0.491 e. The van der Waals surface area contributed by atoms with Crippen LogP contribution in [0.1, 0.15) is 23.0 Å². The van der Waals surface area contributed by atoms with Gasteiger partial charge in [0.25, 0.3) is 0 Å². The Morgan fingerprint density at radius 1 is 1.14 bits per heavy atom. The van der Waals surface area contributed by atoms with Crippen molar-refractivity contribution in [3.05, 3.63) is 53.6 Å². The van der Waals surface area contributed by atoms with E-state index in [4.69, 9.17) is 9.47 Å². The van der Waals surface area contributed by atoms with E-state index in [0.29, 0.717) is 13.2 Å². The van der Waals surface area contributed by atoms with Crippen molar-refractivity contribution in [2.45, 2.75) is 13.0 Å². The van der Waals surface area contributed by atoms with E-state index >= 15 is 0 Å². The molecule has 0 saturated heterocycles.